The molecular weight excluding hydrogens is 393 g/mol. The van der Waals surface area contributed by atoms with Gasteiger partial charge in [0.15, 0.2) is 5.76 Å². The van der Waals surface area contributed by atoms with E-state index in [0.29, 0.717) is 34.2 Å². The molecule has 1 amide bonds. The summed E-state index contributed by atoms with van der Waals surface area (Å²) >= 11 is 1.37. The number of benzene rings is 1. The number of para-hydroxylation sites is 1. The van der Waals surface area contributed by atoms with Crippen LogP contribution in [0.15, 0.2) is 47.9 Å². The molecule has 7 heteroatoms. The third-order valence-electron chi connectivity index (χ3n) is 4.71. The van der Waals surface area contributed by atoms with Gasteiger partial charge in [-0.15, -0.1) is 11.3 Å². The number of amides is 1. The summed E-state index contributed by atoms with van der Waals surface area (Å²) in [5, 5.41) is 11.5. The Morgan fingerprint density at radius 3 is 2.72 bits per heavy atom. The maximum atomic E-state index is 14.7. The standard InChI is InChI=1S/C22H24FNO4S/c1-27-18-12-11-15-13-21(29-20(15)14-19(18)28-2)17(23)9-6-10-22(25)24(26)16-7-4-3-5-8-16/h3-5,7-8,11,13-14,17,26H,6,9-10,12H2,1-2H3. The Balaban J connectivity index is 1.61. The van der Waals surface area contributed by atoms with E-state index in [1.165, 1.54) is 11.3 Å². The van der Waals surface area contributed by atoms with Gasteiger partial charge in [-0.2, -0.15) is 5.06 Å². The van der Waals surface area contributed by atoms with Gasteiger partial charge in [-0.05, 0) is 36.3 Å². The second kappa shape index (κ2) is 9.71. The summed E-state index contributed by atoms with van der Waals surface area (Å²) in [5.74, 6) is 0.926. The molecule has 0 spiro atoms. The quantitative estimate of drug-likeness (QED) is 0.524. The van der Waals surface area contributed by atoms with Crippen LogP contribution in [-0.2, 0) is 14.3 Å². The zero-order chi connectivity index (χ0) is 20.8. The van der Waals surface area contributed by atoms with Crippen molar-refractivity contribution in [1.82, 2.24) is 0 Å². The smallest absolute Gasteiger partial charge is 0.250 e. The Kier molecular flexibility index (Phi) is 7.06. The first-order valence-corrected chi connectivity index (χ1v) is 10.2. The van der Waals surface area contributed by atoms with E-state index in [9.17, 15) is 14.4 Å². The summed E-state index contributed by atoms with van der Waals surface area (Å²) in [6, 6.07) is 10.4. The first kappa shape index (κ1) is 21.1. The maximum Gasteiger partial charge on any atom is 0.250 e. The lowest BCUT2D eigenvalue weighted by Gasteiger charge is -2.15. The van der Waals surface area contributed by atoms with E-state index < -0.39 is 12.1 Å². The number of carbonyl (C=O) groups is 1. The first-order chi connectivity index (χ1) is 14.0. The van der Waals surface area contributed by atoms with E-state index >= 15 is 0 Å². The molecule has 1 heterocycles. The summed E-state index contributed by atoms with van der Waals surface area (Å²) < 4.78 is 26.4. The van der Waals surface area contributed by atoms with Gasteiger partial charge in [-0.25, -0.2) is 4.39 Å². The molecule has 1 aromatic carbocycles. The predicted molar refractivity (Wildman–Crippen MR) is 112 cm³/mol. The number of halogens is 1. The van der Waals surface area contributed by atoms with Crippen LogP contribution < -0.4 is 14.8 Å². The molecule has 0 saturated heterocycles. The number of carbonyl (C=O) groups excluding carboxylic acids is 1. The van der Waals surface area contributed by atoms with Gasteiger partial charge in [0.2, 0.25) is 0 Å². The van der Waals surface area contributed by atoms with Crippen molar-refractivity contribution >= 4 is 35.1 Å². The van der Waals surface area contributed by atoms with Gasteiger partial charge in [0.1, 0.15) is 11.9 Å². The number of hydrogen-bond acceptors (Lipinski definition) is 5. The summed E-state index contributed by atoms with van der Waals surface area (Å²) in [5.41, 5.74) is 0.403. The van der Waals surface area contributed by atoms with Crippen molar-refractivity contribution < 1.29 is 23.9 Å². The highest BCUT2D eigenvalue weighted by molar-refractivity contribution is 7.09. The fourth-order valence-electron chi connectivity index (χ4n) is 3.12. The molecule has 0 aliphatic heterocycles. The van der Waals surface area contributed by atoms with Crippen LogP contribution in [0.3, 0.4) is 0 Å². The Morgan fingerprint density at radius 2 is 2.03 bits per heavy atom. The van der Waals surface area contributed by atoms with Crippen LogP contribution in [-0.4, -0.2) is 25.3 Å². The molecule has 5 nitrogen and oxygen atoms in total. The average Bonchev–Trinajstić information content (AvgIpc) is 3.08. The number of thiophene rings is 1. The molecule has 1 aliphatic carbocycles. The SMILES string of the molecule is COC1=C(OC)CC=c2cc(C(F)CCCC(=O)N(O)c3ccccc3)sc2=C1. The van der Waals surface area contributed by atoms with Crippen molar-refractivity contribution in [3.63, 3.8) is 0 Å². The second-order valence-electron chi connectivity index (χ2n) is 6.62. The number of fused-ring (bicyclic) bond motifs is 1. The molecular formula is C22H24FNO4S. The second-order valence-corrected chi connectivity index (χ2v) is 7.73. The van der Waals surface area contributed by atoms with Gasteiger partial charge in [0.25, 0.3) is 5.91 Å². The van der Waals surface area contributed by atoms with Crippen LogP contribution >= 0.6 is 11.3 Å². The lowest BCUT2D eigenvalue weighted by molar-refractivity contribution is -0.123. The third-order valence-corrected chi connectivity index (χ3v) is 5.90. The van der Waals surface area contributed by atoms with E-state index in [4.69, 9.17) is 9.47 Å². The van der Waals surface area contributed by atoms with Crippen LogP contribution in [0.5, 0.6) is 0 Å². The van der Waals surface area contributed by atoms with Crippen LogP contribution in [0.4, 0.5) is 10.1 Å². The number of rotatable bonds is 8. The van der Waals surface area contributed by atoms with Gasteiger partial charge in [0, 0.05) is 28.3 Å². The highest BCUT2D eigenvalue weighted by Crippen LogP contribution is 2.26. The molecule has 0 fully saturated rings. The molecule has 1 unspecified atom stereocenters. The van der Waals surface area contributed by atoms with Crippen molar-refractivity contribution in [2.45, 2.75) is 31.9 Å². The Morgan fingerprint density at radius 1 is 1.28 bits per heavy atom. The van der Waals surface area contributed by atoms with E-state index in [1.807, 2.05) is 18.2 Å². The largest absolute Gasteiger partial charge is 0.497 e. The van der Waals surface area contributed by atoms with Crippen molar-refractivity contribution in [2.75, 3.05) is 19.3 Å². The number of allylic oxidation sites excluding steroid dienone is 2. The molecule has 1 aromatic heterocycles. The topological polar surface area (TPSA) is 59.0 Å². The highest BCUT2D eigenvalue weighted by atomic mass is 32.1. The number of hydroxylamine groups is 1. The fourth-order valence-corrected chi connectivity index (χ4v) is 4.23. The highest BCUT2D eigenvalue weighted by Gasteiger charge is 2.17. The molecule has 1 N–H and O–H groups in total. The Labute approximate surface area is 172 Å². The van der Waals surface area contributed by atoms with Gasteiger partial charge >= 0.3 is 0 Å². The molecule has 0 bridgehead atoms. The monoisotopic (exact) mass is 417 g/mol. The van der Waals surface area contributed by atoms with Crippen LogP contribution in [0, 0.1) is 0 Å². The van der Waals surface area contributed by atoms with E-state index in [1.54, 1.807) is 44.6 Å². The molecule has 1 atom stereocenters. The van der Waals surface area contributed by atoms with Crippen molar-refractivity contribution in [3.8, 4) is 0 Å². The normalized spacial score (nSPS) is 14.2. The molecule has 29 heavy (non-hydrogen) atoms. The Bertz CT molecular complexity index is 1000. The van der Waals surface area contributed by atoms with Crippen molar-refractivity contribution in [2.24, 2.45) is 0 Å². The molecule has 1 aliphatic rings. The number of methoxy groups -OCH3 is 2. The zero-order valence-electron chi connectivity index (χ0n) is 16.4. The lowest BCUT2D eigenvalue weighted by atomic mass is 10.1. The zero-order valence-corrected chi connectivity index (χ0v) is 17.2. The summed E-state index contributed by atoms with van der Waals surface area (Å²) in [7, 11) is 3.18. The molecule has 154 valence electrons. The first-order valence-electron chi connectivity index (χ1n) is 9.37. The minimum Gasteiger partial charge on any atom is -0.497 e. The number of nitrogens with zero attached hydrogens (tertiary/aromatic N) is 1. The average molecular weight is 418 g/mol. The number of anilines is 1. The molecule has 2 aromatic rings. The van der Waals surface area contributed by atoms with E-state index in [2.05, 4.69) is 0 Å². The Hall–Kier alpha value is -2.64. The van der Waals surface area contributed by atoms with E-state index in [0.717, 1.165) is 15.5 Å². The number of ether oxygens (including phenoxy) is 2. The van der Waals surface area contributed by atoms with Crippen LogP contribution in [0.25, 0.3) is 12.2 Å². The maximum absolute atomic E-state index is 14.7. The minimum atomic E-state index is -1.16. The van der Waals surface area contributed by atoms with Crippen molar-refractivity contribution in [1.29, 1.82) is 0 Å². The summed E-state index contributed by atoms with van der Waals surface area (Å²) in [4.78, 5) is 12.7. The predicted octanol–water partition coefficient (Wildman–Crippen LogP) is 3.82. The molecule has 0 saturated carbocycles. The fraction of sp³-hybridized carbons (Fsp3) is 0.318. The number of hydrogen-bond donors (Lipinski definition) is 1. The van der Waals surface area contributed by atoms with Gasteiger partial charge in [-0.3, -0.25) is 10.0 Å². The minimum absolute atomic E-state index is 0.0723. The summed E-state index contributed by atoms with van der Waals surface area (Å²) in [6.07, 6.45) is 3.91. The molecule has 3 rings (SSSR count). The van der Waals surface area contributed by atoms with E-state index in [-0.39, 0.29) is 12.8 Å². The van der Waals surface area contributed by atoms with Gasteiger partial charge in [0.05, 0.1) is 19.9 Å². The number of alkyl halides is 1. The van der Waals surface area contributed by atoms with Gasteiger partial charge in [-0.1, -0.05) is 24.3 Å². The molecule has 0 radical (unpaired) electrons. The van der Waals surface area contributed by atoms with Gasteiger partial charge < -0.3 is 9.47 Å². The lowest BCUT2D eigenvalue weighted by Crippen LogP contribution is -2.26. The third kappa shape index (κ3) is 5.05. The van der Waals surface area contributed by atoms with Crippen LogP contribution in [0.2, 0.25) is 0 Å². The van der Waals surface area contributed by atoms with Crippen molar-refractivity contribution in [3.05, 3.63) is 62.5 Å². The summed E-state index contributed by atoms with van der Waals surface area (Å²) in [6.45, 7) is 0. The van der Waals surface area contributed by atoms with Crippen LogP contribution in [0.1, 0.15) is 36.7 Å².